The Bertz CT molecular complexity index is 122. The largest absolute Gasteiger partial charge is 0.375 e. The fourth-order valence-corrected chi connectivity index (χ4v) is 2.34. The maximum atomic E-state index is 5.75. The van der Waals surface area contributed by atoms with E-state index in [9.17, 15) is 0 Å². The molecule has 0 bridgehead atoms. The molecule has 1 aliphatic carbocycles. The predicted octanol–water partition coefficient (Wildman–Crippen LogP) is 1.70. The van der Waals surface area contributed by atoms with Gasteiger partial charge in [0.2, 0.25) is 0 Å². The summed E-state index contributed by atoms with van der Waals surface area (Å²) >= 11 is 0. The number of rotatable bonds is 0. The first kappa shape index (κ1) is 8.52. The first-order chi connectivity index (χ1) is 5.97. The van der Waals surface area contributed by atoms with Crippen molar-refractivity contribution in [1.29, 1.82) is 0 Å². The molecule has 0 amide bonds. The molecule has 1 saturated heterocycles. The monoisotopic (exact) mass is 169 g/mol. The average Bonchev–Trinajstić information content (AvgIpc) is 2.06. The molecule has 1 heterocycles. The molecule has 2 nitrogen and oxygen atoms in total. The highest BCUT2D eigenvalue weighted by Gasteiger charge is 2.25. The van der Waals surface area contributed by atoms with Crippen LogP contribution in [0.3, 0.4) is 0 Å². The molecule has 2 fully saturated rings. The zero-order chi connectivity index (χ0) is 8.23. The molecule has 0 spiro atoms. The van der Waals surface area contributed by atoms with Crippen molar-refractivity contribution in [2.75, 3.05) is 13.2 Å². The summed E-state index contributed by atoms with van der Waals surface area (Å²) in [6, 6.07) is 0.666. The molecule has 0 aromatic carbocycles. The molecule has 70 valence electrons. The van der Waals surface area contributed by atoms with E-state index in [1.807, 2.05) is 0 Å². The van der Waals surface area contributed by atoms with Crippen molar-refractivity contribution in [2.24, 2.45) is 0 Å². The van der Waals surface area contributed by atoms with Crippen LogP contribution in [-0.4, -0.2) is 25.3 Å². The van der Waals surface area contributed by atoms with Gasteiger partial charge in [-0.2, -0.15) is 0 Å². The number of nitrogens with one attached hydrogen (secondary N) is 1. The summed E-state index contributed by atoms with van der Waals surface area (Å²) in [5.74, 6) is 0. The molecule has 2 heteroatoms. The van der Waals surface area contributed by atoms with E-state index in [1.54, 1.807) is 0 Å². The highest BCUT2D eigenvalue weighted by Crippen LogP contribution is 2.21. The Morgan fingerprint density at radius 1 is 1.00 bits per heavy atom. The van der Waals surface area contributed by atoms with Gasteiger partial charge >= 0.3 is 0 Å². The molecule has 0 aromatic rings. The number of hydrogen-bond acceptors (Lipinski definition) is 2. The van der Waals surface area contributed by atoms with Crippen molar-refractivity contribution in [3.63, 3.8) is 0 Å². The molecule has 1 aliphatic heterocycles. The molecule has 12 heavy (non-hydrogen) atoms. The van der Waals surface area contributed by atoms with E-state index in [0.29, 0.717) is 12.1 Å². The molecule has 2 aliphatic rings. The van der Waals surface area contributed by atoms with Gasteiger partial charge in [-0.3, -0.25) is 0 Å². The second kappa shape index (κ2) is 4.24. The van der Waals surface area contributed by atoms with Crippen LogP contribution in [0.15, 0.2) is 0 Å². The van der Waals surface area contributed by atoms with Gasteiger partial charge in [-0.05, 0) is 12.8 Å². The quantitative estimate of drug-likeness (QED) is 0.596. The highest BCUT2D eigenvalue weighted by molar-refractivity contribution is 4.82. The van der Waals surface area contributed by atoms with Gasteiger partial charge in [0.25, 0.3) is 0 Å². The molecule has 0 unspecified atom stereocenters. The molecule has 1 saturated carbocycles. The van der Waals surface area contributed by atoms with Crippen LogP contribution in [0.1, 0.15) is 38.5 Å². The van der Waals surface area contributed by atoms with Crippen LogP contribution in [-0.2, 0) is 4.74 Å². The molecular formula is C10H19NO. The smallest absolute Gasteiger partial charge is 0.0728 e. The third kappa shape index (κ3) is 1.99. The summed E-state index contributed by atoms with van der Waals surface area (Å²) < 4.78 is 5.75. The van der Waals surface area contributed by atoms with Crippen molar-refractivity contribution < 1.29 is 4.74 Å². The van der Waals surface area contributed by atoms with Crippen molar-refractivity contribution in [1.82, 2.24) is 5.32 Å². The summed E-state index contributed by atoms with van der Waals surface area (Å²) in [5.41, 5.74) is 0. The van der Waals surface area contributed by atoms with Crippen LogP contribution in [0.2, 0.25) is 0 Å². The lowest BCUT2D eigenvalue weighted by Crippen LogP contribution is -2.48. The van der Waals surface area contributed by atoms with Crippen molar-refractivity contribution in [2.45, 2.75) is 50.7 Å². The van der Waals surface area contributed by atoms with E-state index in [-0.39, 0.29) is 0 Å². The fourth-order valence-electron chi connectivity index (χ4n) is 2.34. The Morgan fingerprint density at radius 2 is 1.83 bits per heavy atom. The van der Waals surface area contributed by atoms with Gasteiger partial charge in [-0.1, -0.05) is 25.7 Å². The number of hydrogen-bond donors (Lipinski definition) is 1. The van der Waals surface area contributed by atoms with Crippen LogP contribution in [0, 0.1) is 0 Å². The molecule has 0 radical (unpaired) electrons. The van der Waals surface area contributed by atoms with E-state index < -0.39 is 0 Å². The molecule has 2 atom stereocenters. The Hall–Kier alpha value is -0.0800. The SMILES string of the molecule is C1CCC[C@@H]2OCCN[C@H]2CC1. The van der Waals surface area contributed by atoms with Crippen molar-refractivity contribution in [3.05, 3.63) is 0 Å². The predicted molar refractivity (Wildman–Crippen MR) is 49.2 cm³/mol. The Balaban J connectivity index is 1.89. The third-order valence-electron chi connectivity index (χ3n) is 3.04. The van der Waals surface area contributed by atoms with Crippen LogP contribution in [0.5, 0.6) is 0 Å². The van der Waals surface area contributed by atoms with Crippen LogP contribution in [0.4, 0.5) is 0 Å². The van der Waals surface area contributed by atoms with Gasteiger partial charge in [0.15, 0.2) is 0 Å². The Morgan fingerprint density at radius 3 is 2.75 bits per heavy atom. The van der Waals surface area contributed by atoms with Crippen molar-refractivity contribution in [3.8, 4) is 0 Å². The Kier molecular flexibility index (Phi) is 3.01. The first-order valence-corrected chi connectivity index (χ1v) is 5.32. The van der Waals surface area contributed by atoms with E-state index in [0.717, 1.165) is 13.2 Å². The van der Waals surface area contributed by atoms with Gasteiger partial charge in [-0.15, -0.1) is 0 Å². The minimum Gasteiger partial charge on any atom is -0.375 e. The topological polar surface area (TPSA) is 21.3 Å². The molecular weight excluding hydrogens is 150 g/mol. The van der Waals surface area contributed by atoms with E-state index in [4.69, 9.17) is 4.74 Å². The zero-order valence-electron chi connectivity index (χ0n) is 7.72. The number of ether oxygens (including phenoxy) is 1. The minimum atomic E-state index is 0.527. The van der Waals surface area contributed by atoms with Crippen LogP contribution >= 0.6 is 0 Å². The zero-order valence-corrected chi connectivity index (χ0v) is 7.72. The number of fused-ring (bicyclic) bond motifs is 1. The number of morpholine rings is 1. The van der Waals surface area contributed by atoms with Gasteiger partial charge < -0.3 is 10.1 Å². The van der Waals surface area contributed by atoms with Crippen LogP contribution < -0.4 is 5.32 Å². The highest BCUT2D eigenvalue weighted by atomic mass is 16.5. The Labute approximate surface area is 74.7 Å². The van der Waals surface area contributed by atoms with Gasteiger partial charge in [0.1, 0.15) is 0 Å². The molecule has 0 aromatic heterocycles. The summed E-state index contributed by atoms with van der Waals surface area (Å²) in [6.45, 7) is 1.97. The van der Waals surface area contributed by atoms with Gasteiger partial charge in [0, 0.05) is 12.6 Å². The lowest BCUT2D eigenvalue weighted by atomic mass is 9.93. The first-order valence-electron chi connectivity index (χ1n) is 5.32. The van der Waals surface area contributed by atoms with Gasteiger partial charge in [0.05, 0.1) is 12.7 Å². The maximum Gasteiger partial charge on any atom is 0.0728 e. The second-order valence-corrected chi connectivity index (χ2v) is 3.96. The lowest BCUT2D eigenvalue weighted by Gasteiger charge is -2.34. The third-order valence-corrected chi connectivity index (χ3v) is 3.04. The summed E-state index contributed by atoms with van der Waals surface area (Å²) in [4.78, 5) is 0. The van der Waals surface area contributed by atoms with Crippen molar-refractivity contribution >= 4 is 0 Å². The van der Waals surface area contributed by atoms with Gasteiger partial charge in [-0.25, -0.2) is 0 Å². The summed E-state index contributed by atoms with van der Waals surface area (Å²) in [6.07, 6.45) is 8.71. The molecule has 2 rings (SSSR count). The normalized spacial score (nSPS) is 38.0. The van der Waals surface area contributed by atoms with Crippen LogP contribution in [0.25, 0.3) is 0 Å². The van der Waals surface area contributed by atoms with E-state index >= 15 is 0 Å². The standard InChI is InChI=1S/C10H19NO/c1-2-4-6-10-9(5-3-1)11-7-8-12-10/h9-11H,1-8H2/t9-,10-/m0/s1. The second-order valence-electron chi connectivity index (χ2n) is 3.96. The summed E-state index contributed by atoms with van der Waals surface area (Å²) in [5, 5.41) is 3.56. The minimum absolute atomic E-state index is 0.527. The fraction of sp³-hybridized carbons (Fsp3) is 1.00. The molecule has 1 N–H and O–H groups in total. The summed E-state index contributed by atoms with van der Waals surface area (Å²) in [7, 11) is 0. The lowest BCUT2D eigenvalue weighted by molar-refractivity contribution is -0.0154. The van der Waals surface area contributed by atoms with E-state index in [2.05, 4.69) is 5.32 Å². The maximum absolute atomic E-state index is 5.75. The average molecular weight is 169 g/mol. The van der Waals surface area contributed by atoms with E-state index in [1.165, 1.54) is 38.5 Å².